The van der Waals surface area contributed by atoms with E-state index < -0.39 is 9.84 Å². The second kappa shape index (κ2) is 6.12. The zero-order chi connectivity index (χ0) is 15.7. The van der Waals surface area contributed by atoms with Crippen LogP contribution in [-0.2, 0) is 16.4 Å². The molecule has 2 atom stereocenters. The molecule has 0 spiro atoms. The Bertz CT molecular complexity index is 688. The second-order valence-electron chi connectivity index (χ2n) is 5.50. The molecular weight excluding hydrogens is 320 g/mol. The van der Waals surface area contributed by atoms with Crippen molar-refractivity contribution >= 4 is 26.8 Å². The molecule has 1 aromatic carbocycles. The monoisotopic (exact) mass is 340 g/mol. The van der Waals surface area contributed by atoms with Crippen molar-refractivity contribution in [2.24, 2.45) is 4.99 Å². The summed E-state index contributed by atoms with van der Waals surface area (Å²) in [6, 6.07) is 7.70. The van der Waals surface area contributed by atoms with Gasteiger partial charge in [0, 0.05) is 12.1 Å². The molecule has 3 rings (SSSR count). The maximum Gasteiger partial charge on any atom is 0.160 e. The highest BCUT2D eigenvalue weighted by atomic mass is 32.2. The lowest BCUT2D eigenvalue weighted by Gasteiger charge is -2.27. The first-order valence-corrected chi connectivity index (χ1v) is 10.1. The summed E-state index contributed by atoms with van der Waals surface area (Å²) in [7, 11) is -1.32. The van der Waals surface area contributed by atoms with Crippen molar-refractivity contribution < 1.29 is 13.2 Å². The van der Waals surface area contributed by atoms with E-state index in [1.807, 2.05) is 24.3 Å². The van der Waals surface area contributed by atoms with Crippen molar-refractivity contribution in [1.82, 2.24) is 4.90 Å². The third kappa shape index (κ3) is 2.96. The highest BCUT2D eigenvalue weighted by Crippen LogP contribution is 2.33. The fraction of sp³-hybridized carbons (Fsp3) is 0.533. The van der Waals surface area contributed by atoms with E-state index in [0.717, 1.165) is 22.2 Å². The number of sulfone groups is 1. The van der Waals surface area contributed by atoms with Crippen LogP contribution >= 0.6 is 11.8 Å². The first-order chi connectivity index (χ1) is 10.5. The van der Waals surface area contributed by atoms with Crippen LogP contribution in [0.1, 0.15) is 12.5 Å². The molecule has 0 unspecified atom stereocenters. The van der Waals surface area contributed by atoms with Crippen LogP contribution in [0, 0.1) is 0 Å². The first kappa shape index (κ1) is 15.7. The highest BCUT2D eigenvalue weighted by Gasteiger charge is 2.46. The largest absolute Gasteiger partial charge is 0.496 e. The molecule has 2 aliphatic rings. The first-order valence-electron chi connectivity index (χ1n) is 7.33. The number of hydrogen-bond donors (Lipinski definition) is 0. The van der Waals surface area contributed by atoms with E-state index >= 15 is 0 Å². The standard InChI is InChI=1S/C15H20N2O3S2/c1-3-21-15-16-12-9-22(18,19)10-13(12)17(15)8-11-6-4-5-7-14(11)20-2/h4-7,12-13H,3,8-10H2,1-2H3/t12-,13-/m1/s1. The lowest BCUT2D eigenvalue weighted by Crippen LogP contribution is -2.38. The molecular formula is C15H20N2O3S2. The van der Waals surface area contributed by atoms with Gasteiger partial charge < -0.3 is 9.64 Å². The number of amidine groups is 1. The van der Waals surface area contributed by atoms with Gasteiger partial charge >= 0.3 is 0 Å². The van der Waals surface area contributed by atoms with Gasteiger partial charge in [-0.15, -0.1) is 0 Å². The van der Waals surface area contributed by atoms with Crippen LogP contribution in [0.15, 0.2) is 29.3 Å². The van der Waals surface area contributed by atoms with Crippen molar-refractivity contribution in [2.75, 3.05) is 24.4 Å². The average Bonchev–Trinajstić information content (AvgIpc) is 2.93. The fourth-order valence-corrected chi connectivity index (χ4v) is 5.75. The maximum absolute atomic E-state index is 11.9. The van der Waals surface area contributed by atoms with Gasteiger partial charge in [0.15, 0.2) is 15.0 Å². The van der Waals surface area contributed by atoms with Gasteiger partial charge in [0.25, 0.3) is 0 Å². The van der Waals surface area contributed by atoms with Crippen LogP contribution in [0.2, 0.25) is 0 Å². The van der Waals surface area contributed by atoms with E-state index in [-0.39, 0.29) is 23.6 Å². The van der Waals surface area contributed by atoms with Crippen LogP contribution < -0.4 is 4.74 Å². The summed E-state index contributed by atoms with van der Waals surface area (Å²) >= 11 is 1.68. The maximum atomic E-state index is 11.9. The third-order valence-electron chi connectivity index (χ3n) is 4.02. The van der Waals surface area contributed by atoms with Crippen LogP contribution in [0.5, 0.6) is 5.75 Å². The number of nitrogens with zero attached hydrogens (tertiary/aromatic N) is 2. The summed E-state index contributed by atoms with van der Waals surface area (Å²) in [4.78, 5) is 6.79. The Labute approximate surface area is 135 Å². The summed E-state index contributed by atoms with van der Waals surface area (Å²) in [5, 5.41) is 0.957. The molecule has 1 fully saturated rings. The van der Waals surface area contributed by atoms with E-state index in [1.54, 1.807) is 18.9 Å². The van der Waals surface area contributed by atoms with Crippen LogP contribution in [-0.4, -0.2) is 54.9 Å². The van der Waals surface area contributed by atoms with Gasteiger partial charge in [-0.1, -0.05) is 36.9 Å². The molecule has 0 amide bonds. The Balaban J connectivity index is 1.88. The molecule has 22 heavy (non-hydrogen) atoms. The number of para-hydroxylation sites is 1. The number of rotatable bonds is 4. The number of thioether (sulfide) groups is 1. The van der Waals surface area contributed by atoms with Crippen LogP contribution in [0.25, 0.3) is 0 Å². The molecule has 2 heterocycles. The van der Waals surface area contributed by atoms with Gasteiger partial charge in [0.2, 0.25) is 0 Å². The molecule has 0 N–H and O–H groups in total. The van der Waals surface area contributed by atoms with Gasteiger partial charge in [0.1, 0.15) is 5.75 Å². The van der Waals surface area contributed by atoms with Crippen molar-refractivity contribution in [3.63, 3.8) is 0 Å². The van der Waals surface area contributed by atoms with Gasteiger partial charge in [-0.3, -0.25) is 4.99 Å². The number of hydrogen-bond acceptors (Lipinski definition) is 6. The molecule has 0 aromatic heterocycles. The van der Waals surface area contributed by atoms with Gasteiger partial charge in [-0.05, 0) is 11.8 Å². The van der Waals surface area contributed by atoms with Gasteiger partial charge in [-0.2, -0.15) is 0 Å². The van der Waals surface area contributed by atoms with E-state index in [2.05, 4.69) is 16.8 Å². The van der Waals surface area contributed by atoms with Crippen molar-refractivity contribution in [3.8, 4) is 5.75 Å². The topological polar surface area (TPSA) is 59.0 Å². The quantitative estimate of drug-likeness (QED) is 0.836. The van der Waals surface area contributed by atoms with Crippen molar-refractivity contribution in [3.05, 3.63) is 29.8 Å². The molecule has 0 aliphatic carbocycles. The molecule has 0 saturated carbocycles. The Hall–Kier alpha value is -1.21. The predicted molar refractivity (Wildman–Crippen MR) is 90.3 cm³/mol. The van der Waals surface area contributed by atoms with E-state index in [4.69, 9.17) is 4.74 Å². The zero-order valence-electron chi connectivity index (χ0n) is 12.7. The summed E-state index contributed by atoms with van der Waals surface area (Å²) in [6.45, 7) is 2.71. The number of fused-ring (bicyclic) bond motifs is 1. The zero-order valence-corrected chi connectivity index (χ0v) is 14.4. The Morgan fingerprint density at radius 3 is 2.86 bits per heavy atom. The Morgan fingerprint density at radius 1 is 1.36 bits per heavy atom. The minimum Gasteiger partial charge on any atom is -0.496 e. The lowest BCUT2D eigenvalue weighted by atomic mass is 10.1. The SMILES string of the molecule is CCSC1=N[C@@H]2CS(=O)(=O)C[C@H]2N1Cc1ccccc1OC. The molecule has 7 heteroatoms. The summed E-state index contributed by atoms with van der Waals surface area (Å²) < 4.78 is 29.2. The van der Waals surface area contributed by atoms with Gasteiger partial charge in [0.05, 0.1) is 30.7 Å². The molecule has 2 aliphatic heterocycles. The summed E-state index contributed by atoms with van der Waals surface area (Å²) in [5.74, 6) is 2.12. The summed E-state index contributed by atoms with van der Waals surface area (Å²) in [5.41, 5.74) is 1.05. The van der Waals surface area contributed by atoms with Crippen LogP contribution in [0.3, 0.4) is 0 Å². The van der Waals surface area contributed by atoms with E-state index in [0.29, 0.717) is 6.54 Å². The highest BCUT2D eigenvalue weighted by molar-refractivity contribution is 8.13. The van der Waals surface area contributed by atoms with E-state index in [9.17, 15) is 8.42 Å². The van der Waals surface area contributed by atoms with Crippen molar-refractivity contribution in [2.45, 2.75) is 25.6 Å². The Kier molecular flexibility index (Phi) is 4.36. The normalized spacial score (nSPS) is 25.9. The smallest absolute Gasteiger partial charge is 0.160 e. The predicted octanol–water partition coefficient (Wildman–Crippen LogP) is 1.79. The molecule has 0 bridgehead atoms. The molecule has 5 nitrogen and oxygen atoms in total. The number of methoxy groups -OCH3 is 1. The number of benzene rings is 1. The number of aliphatic imine (C=N–C) groups is 1. The molecule has 1 saturated heterocycles. The molecule has 1 aromatic rings. The molecule has 0 radical (unpaired) electrons. The second-order valence-corrected chi connectivity index (χ2v) is 8.88. The van der Waals surface area contributed by atoms with Crippen molar-refractivity contribution in [1.29, 1.82) is 0 Å². The average molecular weight is 340 g/mol. The Morgan fingerprint density at radius 2 is 2.14 bits per heavy atom. The minimum atomic E-state index is -2.97. The van der Waals surface area contributed by atoms with Crippen LogP contribution in [0.4, 0.5) is 0 Å². The third-order valence-corrected chi connectivity index (χ3v) is 6.61. The fourth-order valence-electron chi connectivity index (χ4n) is 3.04. The molecule has 120 valence electrons. The van der Waals surface area contributed by atoms with E-state index in [1.165, 1.54) is 0 Å². The summed E-state index contributed by atoms with van der Waals surface area (Å²) in [6.07, 6.45) is 0. The van der Waals surface area contributed by atoms with Gasteiger partial charge in [-0.25, -0.2) is 8.42 Å². The lowest BCUT2D eigenvalue weighted by molar-refractivity contribution is 0.332. The number of ether oxygens (including phenoxy) is 1. The minimum absolute atomic E-state index is 0.0380.